The number of hydrogen-bond acceptors (Lipinski definition) is 6. The highest BCUT2D eigenvalue weighted by molar-refractivity contribution is 5.96. The van der Waals surface area contributed by atoms with Crippen molar-refractivity contribution in [3.8, 4) is 0 Å². The van der Waals surface area contributed by atoms with Crippen LogP contribution in [0.15, 0.2) is 36.7 Å². The second kappa shape index (κ2) is 9.50. The van der Waals surface area contributed by atoms with Crippen LogP contribution in [0.4, 0.5) is 11.5 Å². The Morgan fingerprint density at radius 1 is 1.15 bits per heavy atom. The molecule has 0 aliphatic rings. The number of para-hydroxylation sites is 1. The van der Waals surface area contributed by atoms with Gasteiger partial charge in [0.2, 0.25) is 0 Å². The van der Waals surface area contributed by atoms with Crippen LogP contribution in [0.3, 0.4) is 0 Å². The molecule has 0 saturated heterocycles. The van der Waals surface area contributed by atoms with Crippen LogP contribution < -0.4 is 5.32 Å². The number of rotatable bonds is 8. The smallest absolute Gasteiger partial charge is 0.340 e. The third-order valence-electron chi connectivity index (χ3n) is 3.75. The van der Waals surface area contributed by atoms with Crippen molar-refractivity contribution in [2.24, 2.45) is 0 Å². The van der Waals surface area contributed by atoms with Gasteiger partial charge in [0, 0.05) is 13.6 Å². The average molecular weight is 356 g/mol. The molecule has 1 N–H and O–H groups in total. The topological polar surface area (TPSA) is 84.4 Å². The molecule has 0 saturated carbocycles. The molecule has 0 bridgehead atoms. The monoisotopic (exact) mass is 356 g/mol. The van der Waals surface area contributed by atoms with Gasteiger partial charge in [-0.1, -0.05) is 25.5 Å². The van der Waals surface area contributed by atoms with Gasteiger partial charge in [-0.25, -0.2) is 14.8 Å². The van der Waals surface area contributed by atoms with Gasteiger partial charge in [-0.15, -0.1) is 0 Å². The molecule has 7 heteroatoms. The predicted octanol–water partition coefficient (Wildman–Crippen LogP) is 3.27. The Labute approximate surface area is 153 Å². The molecular formula is C19H24N4O3. The molecule has 0 aliphatic carbocycles. The number of unbranched alkanes of at least 4 members (excludes halogenated alkanes) is 1. The molecule has 1 heterocycles. The van der Waals surface area contributed by atoms with Crippen molar-refractivity contribution >= 4 is 23.4 Å². The van der Waals surface area contributed by atoms with Gasteiger partial charge in [0.25, 0.3) is 5.91 Å². The molecule has 7 nitrogen and oxygen atoms in total. The first-order chi connectivity index (χ1) is 12.6. The Balaban J connectivity index is 2.10. The third-order valence-corrected chi connectivity index (χ3v) is 3.75. The molecule has 1 amide bonds. The van der Waals surface area contributed by atoms with Crippen molar-refractivity contribution < 1.29 is 14.3 Å². The Bertz CT molecular complexity index is 747. The Kier molecular flexibility index (Phi) is 7.08. The number of hydrogen-bond donors (Lipinski definition) is 1. The SMILES string of the molecule is CCCCN(C)C(=O)c1cnc(Nc2ccccc2C(=O)OCC)cn1. The lowest BCUT2D eigenvalue weighted by atomic mass is 10.2. The molecule has 0 fully saturated rings. The van der Waals surface area contributed by atoms with Crippen LogP contribution in [-0.4, -0.2) is 46.9 Å². The van der Waals surface area contributed by atoms with Crippen molar-refractivity contribution in [2.45, 2.75) is 26.7 Å². The van der Waals surface area contributed by atoms with Crippen LogP contribution in [0.5, 0.6) is 0 Å². The number of carbonyl (C=O) groups is 2. The van der Waals surface area contributed by atoms with E-state index in [2.05, 4.69) is 22.2 Å². The summed E-state index contributed by atoms with van der Waals surface area (Å²) in [7, 11) is 1.75. The van der Waals surface area contributed by atoms with Gasteiger partial charge in [-0.05, 0) is 25.5 Å². The summed E-state index contributed by atoms with van der Waals surface area (Å²) in [6, 6.07) is 7.00. The normalized spacial score (nSPS) is 10.3. The van der Waals surface area contributed by atoms with Crippen LogP contribution in [0.25, 0.3) is 0 Å². The van der Waals surface area contributed by atoms with Crippen molar-refractivity contribution in [1.82, 2.24) is 14.9 Å². The first kappa shape index (κ1) is 19.4. The van der Waals surface area contributed by atoms with Crippen LogP contribution in [0, 0.1) is 0 Å². The highest BCUT2D eigenvalue weighted by Crippen LogP contribution is 2.20. The van der Waals surface area contributed by atoms with E-state index in [1.807, 2.05) is 0 Å². The molecule has 0 atom stereocenters. The van der Waals surface area contributed by atoms with Gasteiger partial charge in [-0.2, -0.15) is 0 Å². The fourth-order valence-corrected chi connectivity index (χ4v) is 2.31. The second-order valence-electron chi connectivity index (χ2n) is 5.76. The number of anilines is 2. The molecule has 1 aromatic heterocycles. The van der Waals surface area contributed by atoms with Gasteiger partial charge < -0.3 is 15.0 Å². The number of carbonyl (C=O) groups excluding carboxylic acids is 2. The number of nitrogens with one attached hydrogen (secondary N) is 1. The highest BCUT2D eigenvalue weighted by Gasteiger charge is 2.15. The zero-order valence-electron chi connectivity index (χ0n) is 15.4. The summed E-state index contributed by atoms with van der Waals surface area (Å²) in [6.07, 6.45) is 4.87. The van der Waals surface area contributed by atoms with E-state index >= 15 is 0 Å². The van der Waals surface area contributed by atoms with Gasteiger partial charge in [0.15, 0.2) is 0 Å². The first-order valence-electron chi connectivity index (χ1n) is 8.67. The number of amides is 1. The van der Waals surface area contributed by atoms with Crippen LogP contribution in [0.1, 0.15) is 47.5 Å². The fourth-order valence-electron chi connectivity index (χ4n) is 2.31. The minimum atomic E-state index is -0.409. The van der Waals surface area contributed by atoms with Crippen LogP contribution in [-0.2, 0) is 4.74 Å². The van der Waals surface area contributed by atoms with E-state index in [1.54, 1.807) is 43.1 Å². The van der Waals surface area contributed by atoms with Crippen molar-refractivity contribution in [2.75, 3.05) is 25.5 Å². The van der Waals surface area contributed by atoms with E-state index in [0.29, 0.717) is 30.2 Å². The second-order valence-corrected chi connectivity index (χ2v) is 5.76. The van der Waals surface area contributed by atoms with E-state index in [-0.39, 0.29) is 11.6 Å². The number of aromatic nitrogens is 2. The summed E-state index contributed by atoms with van der Waals surface area (Å²) in [5.41, 5.74) is 1.27. The molecule has 0 unspecified atom stereocenters. The molecule has 0 radical (unpaired) electrons. The third kappa shape index (κ3) is 5.02. The van der Waals surface area contributed by atoms with Crippen molar-refractivity contribution in [3.05, 3.63) is 47.9 Å². The predicted molar refractivity (Wildman–Crippen MR) is 99.6 cm³/mol. The molecule has 2 aromatic rings. The molecule has 2 rings (SSSR count). The van der Waals surface area contributed by atoms with Gasteiger partial charge >= 0.3 is 5.97 Å². The molecular weight excluding hydrogens is 332 g/mol. The molecule has 138 valence electrons. The lowest BCUT2D eigenvalue weighted by Crippen LogP contribution is -2.28. The molecule has 0 aliphatic heterocycles. The quantitative estimate of drug-likeness (QED) is 0.731. The Morgan fingerprint density at radius 2 is 1.92 bits per heavy atom. The summed E-state index contributed by atoms with van der Waals surface area (Å²) in [6.45, 7) is 4.82. The summed E-state index contributed by atoms with van der Waals surface area (Å²) >= 11 is 0. The summed E-state index contributed by atoms with van der Waals surface area (Å²) < 4.78 is 5.05. The minimum absolute atomic E-state index is 0.163. The zero-order valence-corrected chi connectivity index (χ0v) is 15.4. The maximum Gasteiger partial charge on any atom is 0.340 e. The highest BCUT2D eigenvalue weighted by atomic mass is 16.5. The molecule has 1 aromatic carbocycles. The molecule has 26 heavy (non-hydrogen) atoms. The number of benzene rings is 1. The van der Waals surface area contributed by atoms with Gasteiger partial charge in [0.05, 0.1) is 30.3 Å². The Hall–Kier alpha value is -2.96. The van der Waals surface area contributed by atoms with E-state index in [1.165, 1.54) is 12.4 Å². The summed E-state index contributed by atoms with van der Waals surface area (Å²) in [5.74, 6) is -0.133. The minimum Gasteiger partial charge on any atom is -0.462 e. The maximum absolute atomic E-state index is 12.3. The largest absolute Gasteiger partial charge is 0.462 e. The van der Waals surface area contributed by atoms with Gasteiger partial charge in [-0.3, -0.25) is 4.79 Å². The van der Waals surface area contributed by atoms with Crippen LogP contribution >= 0.6 is 0 Å². The van der Waals surface area contributed by atoms with Crippen LogP contribution in [0.2, 0.25) is 0 Å². The molecule has 0 spiro atoms. The lowest BCUT2D eigenvalue weighted by Gasteiger charge is -2.16. The van der Waals surface area contributed by atoms with Crippen molar-refractivity contribution in [1.29, 1.82) is 0 Å². The number of esters is 1. The zero-order chi connectivity index (χ0) is 18.9. The average Bonchev–Trinajstić information content (AvgIpc) is 2.66. The summed E-state index contributed by atoms with van der Waals surface area (Å²) in [4.78, 5) is 34.3. The Morgan fingerprint density at radius 3 is 2.58 bits per heavy atom. The van der Waals surface area contributed by atoms with E-state index in [4.69, 9.17) is 4.74 Å². The first-order valence-corrected chi connectivity index (χ1v) is 8.67. The van der Waals surface area contributed by atoms with E-state index in [0.717, 1.165) is 12.8 Å². The number of nitrogens with zero attached hydrogens (tertiary/aromatic N) is 3. The number of ether oxygens (including phenoxy) is 1. The van der Waals surface area contributed by atoms with Gasteiger partial charge in [0.1, 0.15) is 11.5 Å². The summed E-state index contributed by atoms with van der Waals surface area (Å²) in [5, 5.41) is 3.04. The van der Waals surface area contributed by atoms with E-state index < -0.39 is 5.97 Å². The van der Waals surface area contributed by atoms with E-state index in [9.17, 15) is 9.59 Å². The fraction of sp³-hybridized carbons (Fsp3) is 0.368. The maximum atomic E-state index is 12.3. The lowest BCUT2D eigenvalue weighted by molar-refractivity contribution is 0.0527. The van der Waals surface area contributed by atoms with Crippen molar-refractivity contribution in [3.63, 3.8) is 0 Å². The standard InChI is InChI=1S/C19H24N4O3/c1-4-6-11-23(3)18(24)16-12-21-17(13-20-16)22-15-10-8-7-9-14(15)19(25)26-5-2/h7-10,12-13H,4-6,11H2,1-3H3,(H,21,22).